The molecule has 1 N–H and O–H groups in total. The minimum atomic E-state index is -0.155. The number of fused-ring (bicyclic) bond motifs is 1. The van der Waals surface area contributed by atoms with E-state index < -0.39 is 0 Å². The molecule has 3 aromatic rings. The zero-order valence-electron chi connectivity index (χ0n) is 16.9. The predicted molar refractivity (Wildman–Crippen MR) is 112 cm³/mol. The fourth-order valence-corrected chi connectivity index (χ4v) is 3.81. The number of benzene rings is 2. The lowest BCUT2D eigenvalue weighted by atomic mass is 9.79. The van der Waals surface area contributed by atoms with Gasteiger partial charge in [0.15, 0.2) is 0 Å². The molecule has 5 heteroatoms. The van der Waals surface area contributed by atoms with Crippen LogP contribution < -0.4 is 10.9 Å². The second kappa shape index (κ2) is 7.97. The zero-order valence-corrected chi connectivity index (χ0v) is 16.9. The van der Waals surface area contributed by atoms with Crippen molar-refractivity contribution in [1.29, 1.82) is 0 Å². The van der Waals surface area contributed by atoms with Crippen LogP contribution in [0.5, 0.6) is 0 Å². The minimum Gasteiger partial charge on any atom is -0.353 e. The molecule has 0 bridgehead atoms. The zero-order chi connectivity index (χ0) is 20.3. The van der Waals surface area contributed by atoms with Gasteiger partial charge in [0.1, 0.15) is 0 Å². The van der Waals surface area contributed by atoms with Crippen LogP contribution in [0.2, 0.25) is 0 Å². The average Bonchev–Trinajstić information content (AvgIpc) is 2.66. The van der Waals surface area contributed by atoms with Crippen molar-refractivity contribution in [2.75, 3.05) is 0 Å². The second-order valence-electron chi connectivity index (χ2n) is 8.02. The van der Waals surface area contributed by atoms with Gasteiger partial charge in [-0.25, -0.2) is 4.68 Å². The van der Waals surface area contributed by atoms with Crippen molar-refractivity contribution >= 4 is 16.7 Å². The van der Waals surface area contributed by atoms with Gasteiger partial charge in [-0.05, 0) is 30.4 Å². The normalized spacial score (nSPS) is 12.7. The lowest BCUT2D eigenvalue weighted by Gasteiger charge is -2.29. The quantitative estimate of drug-likeness (QED) is 0.716. The van der Waals surface area contributed by atoms with E-state index in [1.54, 1.807) is 13.1 Å². The third kappa shape index (κ3) is 4.30. The average molecular weight is 377 g/mol. The summed E-state index contributed by atoms with van der Waals surface area (Å²) in [5, 5.41) is 8.72. The van der Waals surface area contributed by atoms with Crippen molar-refractivity contribution in [2.45, 2.75) is 45.1 Å². The molecule has 1 unspecified atom stereocenters. The van der Waals surface area contributed by atoms with E-state index in [-0.39, 0.29) is 29.3 Å². The Morgan fingerprint density at radius 1 is 1.07 bits per heavy atom. The summed E-state index contributed by atoms with van der Waals surface area (Å²) in [6.45, 7) is 6.40. The van der Waals surface area contributed by atoms with E-state index in [1.165, 1.54) is 10.2 Å². The maximum Gasteiger partial charge on any atom is 0.274 e. The Hall–Kier alpha value is -2.95. The summed E-state index contributed by atoms with van der Waals surface area (Å²) in [5.74, 6) is -0.0901. The van der Waals surface area contributed by atoms with Crippen LogP contribution in [-0.2, 0) is 23.7 Å². The second-order valence-corrected chi connectivity index (χ2v) is 8.02. The molecule has 0 radical (unpaired) electrons. The molecule has 0 saturated heterocycles. The summed E-state index contributed by atoms with van der Waals surface area (Å²) in [7, 11) is 1.61. The van der Waals surface area contributed by atoms with Crippen molar-refractivity contribution < 1.29 is 4.79 Å². The van der Waals surface area contributed by atoms with Crippen LogP contribution in [0, 0.1) is 0 Å². The van der Waals surface area contributed by atoms with Crippen LogP contribution in [-0.4, -0.2) is 21.7 Å². The summed E-state index contributed by atoms with van der Waals surface area (Å²) in [6.07, 6.45) is 0.967. The van der Waals surface area contributed by atoms with E-state index in [0.717, 1.165) is 11.8 Å². The SMILES string of the molecule is CC(CC(C)(C)c1ccccc1)NC(=O)Cc1nn(C)c(=O)c2ccccc12. The number of aromatic nitrogens is 2. The van der Waals surface area contributed by atoms with Gasteiger partial charge in [-0.1, -0.05) is 62.4 Å². The Balaban J connectivity index is 1.72. The predicted octanol–water partition coefficient (Wildman–Crippen LogP) is 3.35. The van der Waals surface area contributed by atoms with Gasteiger partial charge >= 0.3 is 0 Å². The Labute approximate surface area is 165 Å². The van der Waals surface area contributed by atoms with Crippen molar-refractivity contribution in [2.24, 2.45) is 7.05 Å². The van der Waals surface area contributed by atoms with E-state index in [9.17, 15) is 9.59 Å². The summed E-state index contributed by atoms with van der Waals surface area (Å²) < 4.78 is 1.30. The molecular formula is C23H27N3O2. The fourth-order valence-electron chi connectivity index (χ4n) is 3.81. The van der Waals surface area contributed by atoms with E-state index >= 15 is 0 Å². The minimum absolute atomic E-state index is 0.0153. The van der Waals surface area contributed by atoms with Crippen LogP contribution >= 0.6 is 0 Å². The van der Waals surface area contributed by atoms with Crippen molar-refractivity contribution in [3.63, 3.8) is 0 Å². The van der Waals surface area contributed by atoms with Crippen LogP contribution in [0.25, 0.3) is 10.8 Å². The lowest BCUT2D eigenvalue weighted by molar-refractivity contribution is -0.121. The smallest absolute Gasteiger partial charge is 0.274 e. The van der Waals surface area contributed by atoms with Crippen LogP contribution in [0.1, 0.15) is 38.4 Å². The molecule has 0 aliphatic carbocycles. The van der Waals surface area contributed by atoms with Crippen LogP contribution in [0.3, 0.4) is 0 Å². The molecule has 0 aliphatic rings. The van der Waals surface area contributed by atoms with Gasteiger partial charge in [-0.2, -0.15) is 5.10 Å². The molecule has 1 amide bonds. The number of aryl methyl sites for hydroxylation is 1. The number of hydrogen-bond donors (Lipinski definition) is 1. The monoisotopic (exact) mass is 377 g/mol. The third-order valence-corrected chi connectivity index (χ3v) is 5.14. The maximum absolute atomic E-state index is 12.6. The number of carbonyl (C=O) groups excluding carboxylic acids is 1. The van der Waals surface area contributed by atoms with Gasteiger partial charge in [-0.3, -0.25) is 9.59 Å². The first-order valence-electron chi connectivity index (χ1n) is 9.58. The Bertz CT molecular complexity index is 1040. The largest absolute Gasteiger partial charge is 0.353 e. The Kier molecular flexibility index (Phi) is 5.63. The summed E-state index contributed by atoms with van der Waals surface area (Å²) in [5.41, 5.74) is 1.67. The Morgan fingerprint density at radius 2 is 1.68 bits per heavy atom. The van der Waals surface area contributed by atoms with E-state index in [1.807, 2.05) is 43.3 Å². The highest BCUT2D eigenvalue weighted by Crippen LogP contribution is 2.28. The standard InChI is InChI=1S/C23H27N3O2/c1-16(15-23(2,3)17-10-6-5-7-11-17)24-21(27)14-20-18-12-8-9-13-19(18)22(28)26(4)25-20/h5-13,16H,14-15H2,1-4H3,(H,24,27). The van der Waals surface area contributed by atoms with Gasteiger partial charge < -0.3 is 5.32 Å². The molecule has 0 spiro atoms. The van der Waals surface area contributed by atoms with Gasteiger partial charge in [0.05, 0.1) is 17.5 Å². The summed E-state index contributed by atoms with van der Waals surface area (Å²) >= 11 is 0. The van der Waals surface area contributed by atoms with Gasteiger partial charge in [0.2, 0.25) is 5.91 Å². The molecule has 5 nitrogen and oxygen atoms in total. The highest BCUT2D eigenvalue weighted by molar-refractivity contribution is 5.88. The third-order valence-electron chi connectivity index (χ3n) is 5.14. The summed E-state index contributed by atoms with van der Waals surface area (Å²) in [6, 6.07) is 17.6. The lowest BCUT2D eigenvalue weighted by Crippen LogP contribution is -2.38. The van der Waals surface area contributed by atoms with Crippen molar-refractivity contribution in [3.8, 4) is 0 Å². The van der Waals surface area contributed by atoms with E-state index in [0.29, 0.717) is 11.1 Å². The number of hydrogen-bond acceptors (Lipinski definition) is 3. The number of nitrogens with one attached hydrogen (secondary N) is 1. The molecule has 1 atom stereocenters. The van der Waals surface area contributed by atoms with Gasteiger partial charge in [0, 0.05) is 18.5 Å². The first-order chi connectivity index (χ1) is 13.3. The first-order valence-corrected chi connectivity index (χ1v) is 9.58. The maximum atomic E-state index is 12.6. The topological polar surface area (TPSA) is 64.0 Å². The molecule has 3 rings (SSSR count). The highest BCUT2D eigenvalue weighted by Gasteiger charge is 2.24. The molecule has 28 heavy (non-hydrogen) atoms. The molecule has 146 valence electrons. The first kappa shape index (κ1) is 19.8. The number of nitrogens with zero attached hydrogens (tertiary/aromatic N) is 2. The van der Waals surface area contributed by atoms with Crippen molar-refractivity contribution in [1.82, 2.24) is 15.1 Å². The number of carbonyl (C=O) groups is 1. The molecule has 2 aromatic carbocycles. The Morgan fingerprint density at radius 3 is 2.36 bits per heavy atom. The van der Waals surface area contributed by atoms with Gasteiger partial charge in [0.25, 0.3) is 5.56 Å². The fraction of sp³-hybridized carbons (Fsp3) is 0.348. The molecule has 0 aliphatic heterocycles. The molecule has 0 saturated carbocycles. The molecule has 1 heterocycles. The van der Waals surface area contributed by atoms with E-state index in [4.69, 9.17) is 0 Å². The number of amides is 1. The van der Waals surface area contributed by atoms with E-state index in [2.05, 4.69) is 36.4 Å². The van der Waals surface area contributed by atoms with Crippen LogP contribution in [0.4, 0.5) is 0 Å². The molecule has 0 fully saturated rings. The van der Waals surface area contributed by atoms with Crippen LogP contribution in [0.15, 0.2) is 59.4 Å². The van der Waals surface area contributed by atoms with Gasteiger partial charge in [-0.15, -0.1) is 0 Å². The number of rotatable bonds is 6. The highest BCUT2D eigenvalue weighted by atomic mass is 16.1. The molecule has 1 aromatic heterocycles. The molecular weight excluding hydrogens is 350 g/mol. The summed E-state index contributed by atoms with van der Waals surface area (Å²) in [4.78, 5) is 24.9. The van der Waals surface area contributed by atoms with Crippen molar-refractivity contribution in [3.05, 3.63) is 76.2 Å².